The van der Waals surface area contributed by atoms with Crippen LogP contribution in [0.5, 0.6) is 0 Å². The molecule has 4 heteroatoms. The van der Waals surface area contributed by atoms with Crippen molar-refractivity contribution in [3.63, 3.8) is 0 Å². The first kappa shape index (κ1) is 19.4. The number of hydrogen-bond donors (Lipinski definition) is 2. The Bertz CT molecular complexity index is 496. The molecule has 3 atom stereocenters. The number of rotatable bonds is 6. The SMILES string of the molecule is CN(Cc1ccccc1)[C@@H]1CCCC[C@@H]1NC(C)(O)OC(C)(C)C. The molecule has 1 unspecified atom stereocenters. The van der Waals surface area contributed by atoms with Crippen LogP contribution in [0, 0.1) is 0 Å². The number of nitrogens with one attached hydrogen (secondary N) is 1. The molecule has 0 radical (unpaired) electrons. The van der Waals surface area contributed by atoms with Crippen molar-refractivity contribution in [2.45, 2.75) is 83.5 Å². The first-order valence-electron chi connectivity index (χ1n) is 9.11. The summed E-state index contributed by atoms with van der Waals surface area (Å²) in [6.45, 7) is 8.52. The van der Waals surface area contributed by atoms with Crippen LogP contribution in [0.3, 0.4) is 0 Å². The van der Waals surface area contributed by atoms with Gasteiger partial charge in [-0.25, -0.2) is 0 Å². The summed E-state index contributed by atoms with van der Waals surface area (Å²) < 4.78 is 5.80. The predicted octanol–water partition coefficient (Wildman–Crippen LogP) is 3.50. The third-order valence-corrected chi connectivity index (χ3v) is 4.53. The van der Waals surface area contributed by atoms with Gasteiger partial charge in [0.05, 0.1) is 5.60 Å². The normalized spacial score (nSPS) is 24.8. The Morgan fingerprint density at radius 2 is 1.75 bits per heavy atom. The van der Waals surface area contributed by atoms with Crippen molar-refractivity contribution in [2.75, 3.05) is 7.05 Å². The van der Waals surface area contributed by atoms with E-state index in [0.29, 0.717) is 6.04 Å². The summed E-state index contributed by atoms with van der Waals surface area (Å²) in [5.74, 6) is -1.31. The summed E-state index contributed by atoms with van der Waals surface area (Å²) in [5.41, 5.74) is 0.929. The maximum atomic E-state index is 10.6. The van der Waals surface area contributed by atoms with Crippen LogP contribution in [0.4, 0.5) is 0 Å². The van der Waals surface area contributed by atoms with Crippen molar-refractivity contribution in [3.8, 4) is 0 Å². The van der Waals surface area contributed by atoms with Crippen molar-refractivity contribution < 1.29 is 9.84 Å². The zero-order chi connectivity index (χ0) is 17.8. The van der Waals surface area contributed by atoms with E-state index in [1.165, 1.54) is 18.4 Å². The van der Waals surface area contributed by atoms with Crippen molar-refractivity contribution in [1.82, 2.24) is 10.2 Å². The molecule has 1 aliphatic rings. The molecule has 136 valence electrons. The van der Waals surface area contributed by atoms with Crippen molar-refractivity contribution in [3.05, 3.63) is 35.9 Å². The number of likely N-dealkylation sites (N-methyl/N-ethyl adjacent to an activating group) is 1. The van der Waals surface area contributed by atoms with E-state index in [9.17, 15) is 5.11 Å². The van der Waals surface area contributed by atoms with E-state index in [4.69, 9.17) is 4.74 Å². The van der Waals surface area contributed by atoms with E-state index in [-0.39, 0.29) is 6.04 Å². The standard InChI is InChI=1S/C20H34N2O2/c1-19(2,3)24-20(4,23)21-17-13-9-10-14-18(17)22(5)15-16-11-7-6-8-12-16/h6-8,11-12,17-18,21,23H,9-10,13-15H2,1-5H3/t17-,18+,20?/m0/s1. The fourth-order valence-electron chi connectivity index (χ4n) is 3.77. The van der Waals surface area contributed by atoms with Gasteiger partial charge < -0.3 is 9.84 Å². The highest BCUT2D eigenvalue weighted by molar-refractivity contribution is 5.14. The van der Waals surface area contributed by atoms with Crippen LogP contribution < -0.4 is 5.32 Å². The summed E-state index contributed by atoms with van der Waals surface area (Å²) in [6, 6.07) is 11.2. The first-order valence-corrected chi connectivity index (χ1v) is 9.11. The quantitative estimate of drug-likeness (QED) is 0.782. The minimum absolute atomic E-state index is 0.227. The van der Waals surface area contributed by atoms with Crippen molar-refractivity contribution >= 4 is 0 Å². The van der Waals surface area contributed by atoms with Gasteiger partial charge in [-0.1, -0.05) is 43.2 Å². The molecule has 0 saturated heterocycles. The van der Waals surface area contributed by atoms with Gasteiger partial charge >= 0.3 is 0 Å². The Balaban J connectivity index is 2.01. The van der Waals surface area contributed by atoms with Gasteiger partial charge in [0.1, 0.15) is 0 Å². The van der Waals surface area contributed by atoms with Gasteiger partial charge in [0.2, 0.25) is 5.91 Å². The van der Waals surface area contributed by atoms with E-state index >= 15 is 0 Å². The number of hydrogen-bond acceptors (Lipinski definition) is 4. The Morgan fingerprint density at radius 3 is 2.38 bits per heavy atom. The van der Waals surface area contributed by atoms with Gasteiger partial charge in [0.25, 0.3) is 0 Å². The second-order valence-electron chi connectivity index (χ2n) is 8.20. The fraction of sp³-hybridized carbons (Fsp3) is 0.700. The molecule has 2 N–H and O–H groups in total. The van der Waals surface area contributed by atoms with Crippen LogP contribution in [0.15, 0.2) is 30.3 Å². The molecule has 1 fully saturated rings. The molecule has 24 heavy (non-hydrogen) atoms. The molecule has 0 spiro atoms. The molecule has 0 aromatic heterocycles. The fourth-order valence-corrected chi connectivity index (χ4v) is 3.77. The molecule has 1 saturated carbocycles. The lowest BCUT2D eigenvalue weighted by Gasteiger charge is -2.43. The zero-order valence-corrected chi connectivity index (χ0v) is 15.9. The maximum Gasteiger partial charge on any atom is 0.222 e. The van der Waals surface area contributed by atoms with Gasteiger partial charge in [-0.2, -0.15) is 0 Å². The van der Waals surface area contributed by atoms with E-state index in [0.717, 1.165) is 19.4 Å². The number of ether oxygens (including phenoxy) is 1. The summed E-state index contributed by atoms with van der Waals surface area (Å²) in [5, 5.41) is 14.0. The number of aliphatic hydroxyl groups is 1. The average molecular weight is 335 g/mol. The lowest BCUT2D eigenvalue weighted by Crippen LogP contribution is -2.59. The van der Waals surface area contributed by atoms with Crippen LogP contribution in [-0.2, 0) is 11.3 Å². The third-order valence-electron chi connectivity index (χ3n) is 4.53. The van der Waals surface area contributed by atoms with Gasteiger partial charge in [0.15, 0.2) is 0 Å². The average Bonchev–Trinajstić information content (AvgIpc) is 2.45. The topological polar surface area (TPSA) is 44.7 Å². The smallest absolute Gasteiger partial charge is 0.222 e. The molecule has 0 bridgehead atoms. The molecule has 0 aliphatic heterocycles. The van der Waals surface area contributed by atoms with Crippen LogP contribution in [0.25, 0.3) is 0 Å². The highest BCUT2D eigenvalue weighted by atomic mass is 16.7. The molecule has 2 rings (SSSR count). The van der Waals surface area contributed by atoms with Gasteiger partial charge in [-0.05, 0) is 46.2 Å². The van der Waals surface area contributed by atoms with Crippen LogP contribution in [0.2, 0.25) is 0 Å². The van der Waals surface area contributed by atoms with Crippen molar-refractivity contribution in [1.29, 1.82) is 0 Å². The Morgan fingerprint density at radius 1 is 1.12 bits per heavy atom. The minimum Gasteiger partial charge on any atom is -0.353 e. The summed E-state index contributed by atoms with van der Waals surface area (Å²) in [4.78, 5) is 2.40. The number of benzene rings is 1. The Labute approximate surface area is 147 Å². The van der Waals surface area contributed by atoms with Crippen LogP contribution >= 0.6 is 0 Å². The summed E-state index contributed by atoms with van der Waals surface area (Å²) in [6.07, 6.45) is 4.64. The molecule has 0 amide bonds. The van der Waals surface area contributed by atoms with E-state index in [1.807, 2.05) is 20.8 Å². The van der Waals surface area contributed by atoms with E-state index < -0.39 is 11.5 Å². The third kappa shape index (κ3) is 6.17. The Kier molecular flexibility index (Phi) is 6.43. The highest BCUT2D eigenvalue weighted by Gasteiger charge is 2.36. The largest absolute Gasteiger partial charge is 0.353 e. The molecule has 1 aliphatic carbocycles. The second-order valence-corrected chi connectivity index (χ2v) is 8.20. The highest BCUT2D eigenvalue weighted by Crippen LogP contribution is 2.26. The molecule has 4 nitrogen and oxygen atoms in total. The lowest BCUT2D eigenvalue weighted by molar-refractivity contribution is -0.265. The van der Waals surface area contributed by atoms with Crippen molar-refractivity contribution in [2.24, 2.45) is 0 Å². The monoisotopic (exact) mass is 334 g/mol. The molecule has 1 aromatic carbocycles. The second kappa shape index (κ2) is 7.96. The summed E-state index contributed by atoms with van der Waals surface area (Å²) in [7, 11) is 2.18. The summed E-state index contributed by atoms with van der Waals surface area (Å²) >= 11 is 0. The minimum atomic E-state index is -1.31. The zero-order valence-electron chi connectivity index (χ0n) is 15.9. The van der Waals surface area contributed by atoms with Gasteiger partial charge in [-0.3, -0.25) is 10.2 Å². The van der Waals surface area contributed by atoms with E-state index in [1.54, 1.807) is 6.92 Å². The molecular weight excluding hydrogens is 300 g/mol. The molecule has 1 aromatic rings. The van der Waals surface area contributed by atoms with E-state index in [2.05, 4.69) is 47.6 Å². The van der Waals surface area contributed by atoms with Crippen LogP contribution in [-0.4, -0.2) is 40.6 Å². The van der Waals surface area contributed by atoms with Gasteiger partial charge in [0, 0.05) is 25.6 Å². The lowest BCUT2D eigenvalue weighted by atomic mass is 9.89. The maximum absolute atomic E-state index is 10.6. The molecular formula is C20H34N2O2. The van der Waals surface area contributed by atoms with Gasteiger partial charge in [-0.15, -0.1) is 0 Å². The molecule has 0 heterocycles. The first-order chi connectivity index (χ1) is 11.2. The predicted molar refractivity (Wildman–Crippen MR) is 98.6 cm³/mol. The Hall–Kier alpha value is -0.940. The number of nitrogens with zero attached hydrogens (tertiary/aromatic N) is 1. The van der Waals surface area contributed by atoms with Crippen LogP contribution in [0.1, 0.15) is 58.9 Å².